The molecule has 0 radical (unpaired) electrons. The van der Waals surface area contributed by atoms with Crippen LogP contribution in [0.4, 0.5) is 5.82 Å². The van der Waals surface area contributed by atoms with Crippen molar-refractivity contribution in [2.75, 3.05) is 32.7 Å². The topological polar surface area (TPSA) is 47.5 Å². The van der Waals surface area contributed by atoms with Gasteiger partial charge in [0.2, 0.25) is 0 Å². The van der Waals surface area contributed by atoms with Crippen molar-refractivity contribution in [1.82, 2.24) is 9.97 Å². The number of aryl methyl sites for hydroxylation is 2. The van der Waals surface area contributed by atoms with E-state index in [0.29, 0.717) is 6.61 Å². The Morgan fingerprint density at radius 1 is 0.917 bits per heavy atom. The first kappa shape index (κ1) is 31.2. The Bertz CT molecular complexity index is 998. The van der Waals surface area contributed by atoms with Crippen LogP contribution in [0.15, 0.2) is 42.5 Å². The molecule has 0 amide bonds. The summed E-state index contributed by atoms with van der Waals surface area (Å²) in [6, 6.07) is 14.1. The Labute approximate surface area is 220 Å². The quantitative estimate of drug-likeness (QED) is 0.356. The summed E-state index contributed by atoms with van der Waals surface area (Å²) < 4.78 is 10.6. The van der Waals surface area contributed by atoms with Crippen LogP contribution in [0.2, 0.25) is 0 Å². The Balaban J connectivity index is 0.000000273. The molecular weight excluding hydrogens is 446 g/mol. The highest BCUT2D eigenvalue weighted by molar-refractivity contribution is 5.89. The van der Waals surface area contributed by atoms with Gasteiger partial charge in [0.25, 0.3) is 0 Å². The molecule has 200 valence electrons. The van der Waals surface area contributed by atoms with Crippen molar-refractivity contribution in [1.29, 1.82) is 0 Å². The molecule has 0 N–H and O–H groups in total. The molecule has 1 heterocycles. The van der Waals surface area contributed by atoms with Crippen LogP contribution in [0.5, 0.6) is 11.5 Å². The van der Waals surface area contributed by atoms with Gasteiger partial charge in [0, 0.05) is 19.5 Å². The fraction of sp³-hybridized carbons (Fsp3) is 0.548. The van der Waals surface area contributed by atoms with Crippen LogP contribution in [0.25, 0.3) is 10.9 Å². The minimum atomic E-state index is 0.668. The molecule has 36 heavy (non-hydrogen) atoms. The van der Waals surface area contributed by atoms with E-state index < -0.39 is 0 Å². The molecule has 2 aromatic carbocycles. The minimum Gasteiger partial charge on any atom is -0.493 e. The summed E-state index contributed by atoms with van der Waals surface area (Å²) in [7, 11) is 5.65. The standard InChI is InChI=1S/C11H13N3.C11H16O2.C7H14.C2H6/c1-8-12-10-7-5-4-6-9(10)11(13-8)14(2)3;1-4-9-6-7-10(13-5-2)11(8-9)12-3;1-7-5-3-2-4-6-7;1-2/h4-7H,1-3H3;6-8H,4-5H2,1-3H3;7H,2-6H2,1H3;1-2H3. The Morgan fingerprint density at radius 3 is 2.11 bits per heavy atom. The van der Waals surface area contributed by atoms with Crippen LogP contribution in [-0.4, -0.2) is 37.8 Å². The van der Waals surface area contributed by atoms with Gasteiger partial charge in [-0.3, -0.25) is 0 Å². The van der Waals surface area contributed by atoms with E-state index in [9.17, 15) is 0 Å². The molecule has 0 aliphatic heterocycles. The lowest BCUT2D eigenvalue weighted by atomic mass is 9.91. The minimum absolute atomic E-state index is 0.668. The summed E-state index contributed by atoms with van der Waals surface area (Å²) in [6.45, 7) is 13.0. The zero-order valence-electron chi connectivity index (χ0n) is 24.2. The van der Waals surface area contributed by atoms with Crippen molar-refractivity contribution in [3.05, 3.63) is 53.9 Å². The van der Waals surface area contributed by atoms with Gasteiger partial charge in [0.15, 0.2) is 11.5 Å². The zero-order chi connectivity index (χ0) is 26.9. The molecule has 0 spiro atoms. The molecule has 1 aromatic heterocycles. The maximum Gasteiger partial charge on any atom is 0.161 e. The smallest absolute Gasteiger partial charge is 0.161 e. The van der Waals surface area contributed by atoms with Gasteiger partial charge in [-0.25, -0.2) is 9.97 Å². The Morgan fingerprint density at radius 2 is 1.58 bits per heavy atom. The fourth-order valence-electron chi connectivity index (χ4n) is 4.03. The summed E-state index contributed by atoms with van der Waals surface area (Å²) in [4.78, 5) is 10.8. The van der Waals surface area contributed by atoms with Crippen LogP contribution in [0.3, 0.4) is 0 Å². The predicted molar refractivity (Wildman–Crippen MR) is 156 cm³/mol. The van der Waals surface area contributed by atoms with Crippen LogP contribution in [0, 0.1) is 12.8 Å². The molecule has 5 heteroatoms. The van der Waals surface area contributed by atoms with Gasteiger partial charge in [-0.15, -0.1) is 0 Å². The molecule has 4 rings (SSSR count). The van der Waals surface area contributed by atoms with Gasteiger partial charge in [-0.05, 0) is 56.0 Å². The third kappa shape index (κ3) is 10.4. The van der Waals surface area contributed by atoms with Gasteiger partial charge < -0.3 is 14.4 Å². The number of para-hydroxylation sites is 1. The molecule has 0 saturated heterocycles. The van der Waals surface area contributed by atoms with Crippen molar-refractivity contribution >= 4 is 16.7 Å². The highest BCUT2D eigenvalue weighted by atomic mass is 16.5. The van der Waals surface area contributed by atoms with Crippen LogP contribution in [0.1, 0.15) is 78.1 Å². The number of rotatable bonds is 5. The van der Waals surface area contributed by atoms with Gasteiger partial charge in [0.05, 0.1) is 19.2 Å². The number of hydrogen-bond donors (Lipinski definition) is 0. The van der Waals surface area contributed by atoms with Crippen molar-refractivity contribution in [2.45, 2.75) is 80.1 Å². The van der Waals surface area contributed by atoms with E-state index >= 15 is 0 Å². The fourth-order valence-corrected chi connectivity index (χ4v) is 4.03. The van der Waals surface area contributed by atoms with E-state index in [1.54, 1.807) is 7.11 Å². The van der Waals surface area contributed by atoms with Crippen molar-refractivity contribution in [3.8, 4) is 11.5 Å². The molecule has 1 aliphatic rings. The third-order valence-electron chi connectivity index (χ3n) is 5.95. The predicted octanol–water partition coefficient (Wildman–Crippen LogP) is 8.27. The lowest BCUT2D eigenvalue weighted by Crippen LogP contribution is -2.12. The van der Waals surface area contributed by atoms with Crippen LogP contribution in [-0.2, 0) is 6.42 Å². The van der Waals surface area contributed by atoms with Crippen LogP contribution < -0.4 is 14.4 Å². The summed E-state index contributed by atoms with van der Waals surface area (Å²) in [6.07, 6.45) is 8.45. The first-order valence-electron chi connectivity index (χ1n) is 13.6. The molecule has 0 atom stereocenters. The van der Waals surface area contributed by atoms with E-state index in [1.807, 2.05) is 83.1 Å². The first-order chi connectivity index (χ1) is 17.4. The number of methoxy groups -OCH3 is 1. The average Bonchev–Trinajstić information content (AvgIpc) is 2.91. The van der Waals surface area contributed by atoms with E-state index in [4.69, 9.17) is 9.47 Å². The van der Waals surface area contributed by atoms with E-state index in [1.165, 1.54) is 37.7 Å². The highest BCUT2D eigenvalue weighted by Crippen LogP contribution is 2.28. The normalized spacial score (nSPS) is 12.7. The SMILES string of the molecule is CC.CC1CCCCC1.CCOc1ccc(CC)cc1OC.Cc1nc(N(C)C)c2ccccc2n1. The molecular formula is C31H49N3O2. The first-order valence-corrected chi connectivity index (χ1v) is 13.6. The van der Waals surface area contributed by atoms with E-state index in [-0.39, 0.29) is 0 Å². The number of nitrogens with zero attached hydrogens (tertiary/aromatic N) is 3. The molecule has 1 saturated carbocycles. The Hall–Kier alpha value is -2.82. The third-order valence-corrected chi connectivity index (χ3v) is 5.95. The summed E-state index contributed by atoms with van der Waals surface area (Å²) in [5, 5.41) is 1.10. The lowest BCUT2D eigenvalue weighted by Gasteiger charge is -2.15. The van der Waals surface area contributed by atoms with Crippen molar-refractivity contribution in [3.63, 3.8) is 0 Å². The second kappa shape index (κ2) is 17.6. The van der Waals surface area contributed by atoms with Gasteiger partial charge in [-0.1, -0.05) is 78.0 Å². The summed E-state index contributed by atoms with van der Waals surface area (Å²) in [5.41, 5.74) is 2.27. The van der Waals surface area contributed by atoms with E-state index in [0.717, 1.165) is 46.4 Å². The second-order valence-electron chi connectivity index (χ2n) is 9.02. The number of anilines is 1. The maximum absolute atomic E-state index is 5.40. The van der Waals surface area contributed by atoms with Gasteiger partial charge >= 0.3 is 0 Å². The number of hydrogen-bond acceptors (Lipinski definition) is 5. The molecule has 1 fully saturated rings. The maximum atomic E-state index is 5.40. The van der Waals surface area contributed by atoms with Gasteiger partial charge in [0.1, 0.15) is 11.6 Å². The highest BCUT2D eigenvalue weighted by Gasteiger charge is 2.07. The molecule has 5 nitrogen and oxygen atoms in total. The Kier molecular flexibility index (Phi) is 15.2. The second-order valence-corrected chi connectivity index (χ2v) is 9.02. The molecule has 1 aliphatic carbocycles. The number of benzene rings is 2. The number of fused-ring (bicyclic) bond motifs is 1. The summed E-state index contributed by atoms with van der Waals surface area (Å²) >= 11 is 0. The lowest BCUT2D eigenvalue weighted by molar-refractivity contribution is 0.310. The zero-order valence-corrected chi connectivity index (χ0v) is 24.2. The number of aromatic nitrogens is 2. The molecule has 0 unspecified atom stereocenters. The van der Waals surface area contributed by atoms with Gasteiger partial charge in [-0.2, -0.15) is 0 Å². The molecule has 0 bridgehead atoms. The summed E-state index contributed by atoms with van der Waals surface area (Å²) in [5.74, 6) is 4.47. The van der Waals surface area contributed by atoms with Crippen molar-refractivity contribution < 1.29 is 9.47 Å². The molecule has 3 aromatic rings. The average molecular weight is 496 g/mol. The van der Waals surface area contributed by atoms with Crippen molar-refractivity contribution in [2.24, 2.45) is 5.92 Å². The largest absolute Gasteiger partial charge is 0.493 e. The monoisotopic (exact) mass is 495 g/mol. The van der Waals surface area contributed by atoms with Crippen LogP contribution >= 0.6 is 0 Å². The van der Waals surface area contributed by atoms with E-state index in [2.05, 4.69) is 29.9 Å². The number of ether oxygens (including phenoxy) is 2.